The molecule has 5 nitrogen and oxygen atoms in total. The summed E-state index contributed by atoms with van der Waals surface area (Å²) in [6.45, 7) is 1.82. The van der Waals surface area contributed by atoms with Crippen LogP contribution in [-0.4, -0.2) is 15.2 Å². The molecule has 0 saturated carbocycles. The van der Waals surface area contributed by atoms with Crippen LogP contribution in [0.15, 0.2) is 47.4 Å². The maximum Gasteiger partial charge on any atom is 0.244 e. The van der Waals surface area contributed by atoms with Gasteiger partial charge in [-0.15, -0.1) is 0 Å². The van der Waals surface area contributed by atoms with E-state index in [0.29, 0.717) is 17.1 Å². The van der Waals surface area contributed by atoms with Gasteiger partial charge < -0.3 is 9.47 Å². The van der Waals surface area contributed by atoms with Gasteiger partial charge in [0, 0.05) is 6.04 Å². The lowest BCUT2D eigenvalue weighted by Crippen LogP contribution is -2.27. The van der Waals surface area contributed by atoms with Crippen LogP contribution < -0.4 is 14.2 Å². The van der Waals surface area contributed by atoms with Gasteiger partial charge in [0.15, 0.2) is 11.5 Å². The molecule has 0 saturated heterocycles. The highest BCUT2D eigenvalue weighted by Crippen LogP contribution is 2.34. The lowest BCUT2D eigenvalue weighted by molar-refractivity contribution is 0.174. The number of halogens is 1. The molecule has 116 valence electrons. The van der Waals surface area contributed by atoms with E-state index in [2.05, 4.69) is 4.72 Å². The van der Waals surface area contributed by atoms with Gasteiger partial charge in [0.1, 0.15) is 10.7 Å². The van der Waals surface area contributed by atoms with Gasteiger partial charge in [0.05, 0.1) is 0 Å². The Kier molecular flexibility index (Phi) is 3.76. The summed E-state index contributed by atoms with van der Waals surface area (Å²) in [5, 5.41) is 0. The summed E-state index contributed by atoms with van der Waals surface area (Å²) in [5.74, 6) is 0.398. The lowest BCUT2D eigenvalue weighted by atomic mass is 10.1. The highest BCUT2D eigenvalue weighted by molar-refractivity contribution is 7.89. The van der Waals surface area contributed by atoms with E-state index in [1.165, 1.54) is 18.2 Å². The fourth-order valence-electron chi connectivity index (χ4n) is 2.21. The molecular formula is C15H14FNO4S. The largest absolute Gasteiger partial charge is 0.454 e. The first-order chi connectivity index (χ1) is 10.5. The van der Waals surface area contributed by atoms with Gasteiger partial charge in [0.25, 0.3) is 0 Å². The summed E-state index contributed by atoms with van der Waals surface area (Å²) in [4.78, 5) is -0.373. The molecule has 1 N–H and O–H groups in total. The summed E-state index contributed by atoms with van der Waals surface area (Å²) in [5.41, 5.74) is 0.698. The van der Waals surface area contributed by atoms with Crippen molar-refractivity contribution in [3.63, 3.8) is 0 Å². The Labute approximate surface area is 127 Å². The van der Waals surface area contributed by atoms with E-state index in [4.69, 9.17) is 9.47 Å². The van der Waals surface area contributed by atoms with Crippen molar-refractivity contribution in [2.45, 2.75) is 17.9 Å². The molecule has 7 heteroatoms. The first-order valence-corrected chi connectivity index (χ1v) is 8.12. The summed E-state index contributed by atoms with van der Waals surface area (Å²) in [6.07, 6.45) is 0. The molecule has 1 atom stereocenters. The number of benzene rings is 2. The third kappa shape index (κ3) is 2.77. The zero-order valence-electron chi connectivity index (χ0n) is 11.7. The second kappa shape index (κ2) is 5.58. The van der Waals surface area contributed by atoms with Gasteiger partial charge in [-0.05, 0) is 36.8 Å². The molecule has 0 aromatic heterocycles. The minimum Gasteiger partial charge on any atom is -0.454 e. The number of fused-ring (bicyclic) bond motifs is 1. The average Bonchev–Trinajstić information content (AvgIpc) is 2.94. The van der Waals surface area contributed by atoms with Crippen molar-refractivity contribution in [2.75, 3.05) is 6.79 Å². The van der Waals surface area contributed by atoms with Crippen LogP contribution in [0.4, 0.5) is 4.39 Å². The van der Waals surface area contributed by atoms with E-state index in [1.54, 1.807) is 25.1 Å². The number of sulfonamides is 1. The van der Waals surface area contributed by atoms with E-state index >= 15 is 0 Å². The Morgan fingerprint density at radius 2 is 1.86 bits per heavy atom. The fraction of sp³-hybridized carbons (Fsp3) is 0.200. The minimum atomic E-state index is -3.95. The molecule has 0 amide bonds. The van der Waals surface area contributed by atoms with Crippen LogP contribution in [-0.2, 0) is 10.0 Å². The van der Waals surface area contributed by atoms with Gasteiger partial charge in [-0.3, -0.25) is 0 Å². The zero-order chi connectivity index (χ0) is 15.7. The van der Waals surface area contributed by atoms with Crippen molar-refractivity contribution in [3.05, 3.63) is 53.8 Å². The van der Waals surface area contributed by atoms with Crippen molar-refractivity contribution in [2.24, 2.45) is 0 Å². The minimum absolute atomic E-state index is 0.147. The first kappa shape index (κ1) is 14.8. The quantitative estimate of drug-likeness (QED) is 0.939. The summed E-state index contributed by atoms with van der Waals surface area (Å²) in [7, 11) is -3.95. The molecule has 2 aromatic carbocycles. The number of ether oxygens (including phenoxy) is 2. The predicted octanol–water partition coefficient (Wildman–Crippen LogP) is 2.59. The van der Waals surface area contributed by atoms with Crippen LogP contribution >= 0.6 is 0 Å². The first-order valence-electron chi connectivity index (χ1n) is 6.64. The smallest absolute Gasteiger partial charge is 0.244 e. The molecule has 0 spiro atoms. The molecule has 1 aliphatic heterocycles. The summed E-state index contributed by atoms with van der Waals surface area (Å²) >= 11 is 0. The van der Waals surface area contributed by atoms with Crippen LogP contribution in [0, 0.1) is 5.82 Å². The van der Waals surface area contributed by atoms with E-state index in [1.807, 2.05) is 0 Å². The third-order valence-electron chi connectivity index (χ3n) is 3.35. The fourth-order valence-corrected chi connectivity index (χ4v) is 3.52. The van der Waals surface area contributed by atoms with Gasteiger partial charge in [-0.25, -0.2) is 17.5 Å². The van der Waals surface area contributed by atoms with Crippen LogP contribution in [0.2, 0.25) is 0 Å². The van der Waals surface area contributed by atoms with Crippen molar-refractivity contribution in [1.29, 1.82) is 0 Å². The number of rotatable bonds is 4. The van der Waals surface area contributed by atoms with Crippen LogP contribution in [0.3, 0.4) is 0 Å². The van der Waals surface area contributed by atoms with Gasteiger partial charge in [-0.1, -0.05) is 18.2 Å². The van der Waals surface area contributed by atoms with Crippen LogP contribution in [0.25, 0.3) is 0 Å². The Bertz CT molecular complexity index is 807. The van der Waals surface area contributed by atoms with Gasteiger partial charge in [-0.2, -0.15) is 0 Å². The molecular weight excluding hydrogens is 309 g/mol. The molecule has 1 heterocycles. The topological polar surface area (TPSA) is 64.6 Å². The number of hydrogen-bond donors (Lipinski definition) is 1. The lowest BCUT2D eigenvalue weighted by Gasteiger charge is -2.15. The van der Waals surface area contributed by atoms with Crippen LogP contribution in [0.1, 0.15) is 18.5 Å². The van der Waals surface area contributed by atoms with E-state index < -0.39 is 21.9 Å². The molecule has 1 aliphatic rings. The molecule has 0 fully saturated rings. The third-order valence-corrected chi connectivity index (χ3v) is 4.93. The van der Waals surface area contributed by atoms with Gasteiger partial charge >= 0.3 is 0 Å². The van der Waals surface area contributed by atoms with Crippen molar-refractivity contribution in [1.82, 2.24) is 4.72 Å². The Morgan fingerprint density at radius 1 is 1.14 bits per heavy atom. The zero-order valence-corrected chi connectivity index (χ0v) is 12.6. The Hall–Kier alpha value is -2.12. The summed E-state index contributed by atoms with van der Waals surface area (Å²) < 4.78 is 51.1. The standard InChI is InChI=1S/C15H14FNO4S/c1-10(11-6-7-13-14(8-11)21-9-20-13)17-22(18,19)15-5-3-2-4-12(15)16/h2-8,10,17H,9H2,1H3. The highest BCUT2D eigenvalue weighted by Gasteiger charge is 2.23. The Balaban J connectivity index is 1.85. The summed E-state index contributed by atoms with van der Waals surface area (Å²) in [6, 6.07) is 9.87. The molecule has 22 heavy (non-hydrogen) atoms. The van der Waals surface area contributed by atoms with Crippen molar-refractivity contribution in [3.8, 4) is 11.5 Å². The number of nitrogens with one attached hydrogen (secondary N) is 1. The second-order valence-corrected chi connectivity index (χ2v) is 6.57. The highest BCUT2D eigenvalue weighted by atomic mass is 32.2. The number of hydrogen-bond acceptors (Lipinski definition) is 4. The maximum absolute atomic E-state index is 13.7. The van der Waals surface area contributed by atoms with E-state index in [-0.39, 0.29) is 11.7 Å². The molecule has 0 radical (unpaired) electrons. The average molecular weight is 323 g/mol. The predicted molar refractivity (Wildman–Crippen MR) is 77.7 cm³/mol. The van der Waals surface area contributed by atoms with Gasteiger partial charge in [0.2, 0.25) is 16.8 Å². The molecule has 0 aliphatic carbocycles. The SMILES string of the molecule is CC(NS(=O)(=O)c1ccccc1F)c1ccc2c(c1)OCO2. The maximum atomic E-state index is 13.7. The van der Waals surface area contributed by atoms with E-state index in [9.17, 15) is 12.8 Å². The molecule has 2 aromatic rings. The monoisotopic (exact) mass is 323 g/mol. The van der Waals surface area contributed by atoms with E-state index in [0.717, 1.165) is 6.07 Å². The van der Waals surface area contributed by atoms with Crippen LogP contribution in [0.5, 0.6) is 11.5 Å². The molecule has 3 rings (SSSR count). The molecule has 0 bridgehead atoms. The Morgan fingerprint density at radius 3 is 2.64 bits per heavy atom. The molecule has 1 unspecified atom stereocenters. The van der Waals surface area contributed by atoms with Crippen molar-refractivity contribution < 1.29 is 22.3 Å². The van der Waals surface area contributed by atoms with Crippen molar-refractivity contribution >= 4 is 10.0 Å². The normalized spacial score (nSPS) is 14.8. The second-order valence-electron chi connectivity index (χ2n) is 4.89.